The Balaban J connectivity index is 1.63. The van der Waals surface area contributed by atoms with E-state index in [-0.39, 0.29) is 35.8 Å². The second kappa shape index (κ2) is 5.15. The van der Waals surface area contributed by atoms with Crippen molar-refractivity contribution in [3.63, 3.8) is 0 Å². The summed E-state index contributed by atoms with van der Waals surface area (Å²) in [5, 5.41) is 0. The highest BCUT2D eigenvalue weighted by molar-refractivity contribution is 6.49. The fourth-order valence-electron chi connectivity index (χ4n) is 2.88. The minimum atomic E-state index is -4.66. The van der Waals surface area contributed by atoms with Gasteiger partial charge in [-0.3, -0.25) is 0 Å². The van der Waals surface area contributed by atoms with E-state index in [1.54, 1.807) is 12.1 Å². The summed E-state index contributed by atoms with van der Waals surface area (Å²) in [4.78, 5) is 0. The lowest BCUT2D eigenvalue weighted by Crippen LogP contribution is -2.41. The molecule has 1 heterocycles. The van der Waals surface area contributed by atoms with Gasteiger partial charge in [-0.05, 0) is 57.7 Å². The number of alkyl halides is 3. The quantitative estimate of drug-likeness (QED) is 0.763. The molecule has 2 aliphatic rings. The lowest BCUT2D eigenvalue weighted by molar-refractivity contribution is -0.274. The summed E-state index contributed by atoms with van der Waals surface area (Å²) in [5.41, 5.74) is 0.254. The van der Waals surface area contributed by atoms with E-state index in [0.29, 0.717) is 0 Å². The van der Waals surface area contributed by atoms with E-state index in [9.17, 15) is 13.2 Å². The summed E-state index contributed by atoms with van der Waals surface area (Å²) in [6.45, 7) is 8.03. The minimum Gasteiger partial charge on any atom is -0.406 e. The second-order valence-corrected chi connectivity index (χ2v) is 7.25. The summed E-state index contributed by atoms with van der Waals surface area (Å²) in [6.07, 6.45) is -3.75. The van der Waals surface area contributed by atoms with Crippen LogP contribution in [0.15, 0.2) is 24.3 Å². The van der Waals surface area contributed by atoms with Crippen molar-refractivity contribution in [1.29, 1.82) is 0 Å². The molecule has 0 radical (unpaired) electrons. The predicted octanol–water partition coefficient (Wildman–Crippen LogP) is 4.53. The highest BCUT2D eigenvalue weighted by Crippen LogP contribution is 2.58. The Bertz CT molecular complexity index is 567. The first kappa shape index (κ1) is 16.6. The largest absolute Gasteiger partial charge is 0.573 e. The Morgan fingerprint density at radius 2 is 1.57 bits per heavy atom. The number of hydrogen-bond acceptors (Lipinski definition) is 3. The zero-order chi connectivity index (χ0) is 17.0. The van der Waals surface area contributed by atoms with E-state index in [4.69, 9.17) is 9.31 Å². The summed E-state index contributed by atoms with van der Waals surface area (Å²) < 4.78 is 52.5. The van der Waals surface area contributed by atoms with E-state index in [0.717, 1.165) is 12.0 Å². The van der Waals surface area contributed by atoms with Crippen molar-refractivity contribution in [3.05, 3.63) is 29.8 Å². The molecule has 7 heteroatoms. The maximum atomic E-state index is 12.2. The van der Waals surface area contributed by atoms with Crippen LogP contribution in [-0.2, 0) is 9.31 Å². The molecule has 1 aliphatic carbocycles. The maximum absolute atomic E-state index is 12.2. The monoisotopic (exact) mass is 328 g/mol. The molecule has 1 aromatic rings. The average molecular weight is 328 g/mol. The standard InChI is InChI=1S/C16H20BF3O3/c1-14(2)15(3,4)23-17(22-14)13-9-12(13)10-5-7-11(8-6-10)21-16(18,19)20/h5-8,12-13H,9H2,1-4H3/t12-,13+/m0/s1. The molecule has 0 bridgehead atoms. The first-order valence-corrected chi connectivity index (χ1v) is 7.70. The molecule has 3 rings (SSSR count). The summed E-state index contributed by atoms with van der Waals surface area (Å²) in [6, 6.07) is 6.05. The number of halogens is 3. The molecule has 0 amide bonds. The molecular formula is C16H20BF3O3. The van der Waals surface area contributed by atoms with Gasteiger partial charge in [0.1, 0.15) is 5.75 Å². The predicted molar refractivity (Wildman–Crippen MR) is 80.3 cm³/mol. The molecule has 1 saturated carbocycles. The molecule has 1 aromatic carbocycles. The number of benzene rings is 1. The van der Waals surface area contributed by atoms with E-state index in [2.05, 4.69) is 4.74 Å². The average Bonchev–Trinajstić information content (AvgIpc) is 3.12. The van der Waals surface area contributed by atoms with Crippen LogP contribution in [0, 0.1) is 0 Å². The fraction of sp³-hybridized carbons (Fsp3) is 0.625. The van der Waals surface area contributed by atoms with Crippen molar-refractivity contribution < 1.29 is 27.2 Å². The van der Waals surface area contributed by atoms with Crippen LogP contribution in [0.2, 0.25) is 5.82 Å². The smallest absolute Gasteiger partial charge is 0.406 e. The third-order valence-corrected chi connectivity index (χ3v) is 5.00. The summed E-state index contributed by atoms with van der Waals surface area (Å²) in [5.74, 6) is 0.296. The first-order chi connectivity index (χ1) is 10.5. The fourth-order valence-corrected chi connectivity index (χ4v) is 2.88. The van der Waals surface area contributed by atoms with Crippen LogP contribution in [0.3, 0.4) is 0 Å². The van der Waals surface area contributed by atoms with Gasteiger partial charge in [-0.25, -0.2) is 0 Å². The SMILES string of the molecule is CC1(C)OB([C@@H]2C[C@H]2c2ccc(OC(F)(F)F)cc2)OC1(C)C. The van der Waals surface area contributed by atoms with Gasteiger partial charge in [-0.2, -0.15) is 0 Å². The van der Waals surface area contributed by atoms with Gasteiger partial charge in [0, 0.05) is 5.82 Å². The maximum Gasteiger partial charge on any atom is 0.573 e. The Kier molecular flexibility index (Phi) is 3.72. The molecule has 3 nitrogen and oxygen atoms in total. The van der Waals surface area contributed by atoms with Crippen LogP contribution in [-0.4, -0.2) is 24.7 Å². The third kappa shape index (κ3) is 3.35. The van der Waals surface area contributed by atoms with E-state index in [1.807, 2.05) is 27.7 Å². The van der Waals surface area contributed by atoms with Crippen molar-refractivity contribution in [2.24, 2.45) is 0 Å². The number of rotatable bonds is 3. The Hall–Kier alpha value is -1.21. The van der Waals surface area contributed by atoms with Gasteiger partial charge in [-0.15, -0.1) is 13.2 Å². The zero-order valence-electron chi connectivity index (χ0n) is 13.6. The first-order valence-electron chi connectivity index (χ1n) is 7.70. The molecule has 126 valence electrons. The van der Waals surface area contributed by atoms with Gasteiger partial charge in [0.25, 0.3) is 0 Å². The van der Waals surface area contributed by atoms with Crippen LogP contribution in [0.4, 0.5) is 13.2 Å². The topological polar surface area (TPSA) is 27.7 Å². The number of hydrogen-bond donors (Lipinski definition) is 0. The van der Waals surface area contributed by atoms with Crippen molar-refractivity contribution in [2.75, 3.05) is 0 Å². The zero-order valence-corrected chi connectivity index (χ0v) is 13.6. The molecule has 1 saturated heterocycles. The van der Waals surface area contributed by atoms with Crippen LogP contribution in [0.5, 0.6) is 5.75 Å². The third-order valence-electron chi connectivity index (χ3n) is 5.00. The van der Waals surface area contributed by atoms with Crippen LogP contribution in [0.25, 0.3) is 0 Å². The van der Waals surface area contributed by atoms with Gasteiger partial charge in [0.05, 0.1) is 11.2 Å². The minimum absolute atomic E-state index is 0.200. The summed E-state index contributed by atoms with van der Waals surface area (Å²) >= 11 is 0. The summed E-state index contributed by atoms with van der Waals surface area (Å²) in [7, 11) is -0.267. The molecular weight excluding hydrogens is 308 g/mol. The van der Waals surface area contributed by atoms with Crippen LogP contribution >= 0.6 is 0 Å². The normalized spacial score (nSPS) is 28.7. The molecule has 2 fully saturated rings. The van der Waals surface area contributed by atoms with Gasteiger partial charge >= 0.3 is 13.5 Å². The van der Waals surface area contributed by atoms with Crippen molar-refractivity contribution in [1.82, 2.24) is 0 Å². The lowest BCUT2D eigenvalue weighted by Gasteiger charge is -2.32. The molecule has 2 atom stereocenters. The number of ether oxygens (including phenoxy) is 1. The molecule has 0 N–H and O–H groups in total. The van der Waals surface area contributed by atoms with E-state index in [1.165, 1.54) is 12.1 Å². The van der Waals surface area contributed by atoms with Crippen LogP contribution in [0.1, 0.15) is 45.6 Å². The van der Waals surface area contributed by atoms with Crippen LogP contribution < -0.4 is 4.74 Å². The Morgan fingerprint density at radius 1 is 1.04 bits per heavy atom. The highest BCUT2D eigenvalue weighted by Gasteiger charge is 2.59. The molecule has 0 aromatic heterocycles. The van der Waals surface area contributed by atoms with Gasteiger partial charge < -0.3 is 14.0 Å². The molecule has 0 unspecified atom stereocenters. The van der Waals surface area contributed by atoms with E-state index < -0.39 is 6.36 Å². The van der Waals surface area contributed by atoms with E-state index >= 15 is 0 Å². The lowest BCUT2D eigenvalue weighted by atomic mass is 9.79. The van der Waals surface area contributed by atoms with Gasteiger partial charge in [0.2, 0.25) is 0 Å². The van der Waals surface area contributed by atoms with Crippen molar-refractivity contribution in [2.45, 2.75) is 63.4 Å². The van der Waals surface area contributed by atoms with Gasteiger partial charge in [-0.1, -0.05) is 12.1 Å². The Morgan fingerprint density at radius 3 is 2.04 bits per heavy atom. The molecule has 1 aliphatic heterocycles. The van der Waals surface area contributed by atoms with Crippen molar-refractivity contribution >= 4 is 7.12 Å². The van der Waals surface area contributed by atoms with Crippen molar-refractivity contribution in [3.8, 4) is 5.75 Å². The molecule has 0 spiro atoms. The highest BCUT2D eigenvalue weighted by atomic mass is 19.4. The second-order valence-electron chi connectivity index (χ2n) is 7.25. The Labute approximate surface area is 134 Å². The molecule has 23 heavy (non-hydrogen) atoms. The van der Waals surface area contributed by atoms with Gasteiger partial charge in [0.15, 0.2) is 0 Å².